The van der Waals surface area contributed by atoms with E-state index in [2.05, 4.69) is 0 Å². The number of fused-ring (bicyclic) bond motifs is 1. The summed E-state index contributed by atoms with van der Waals surface area (Å²) >= 11 is 0. The third-order valence-electron chi connectivity index (χ3n) is 4.58. The number of carbonyl (C=O) groups excluding carboxylic acids is 2. The average molecular weight is 359 g/mol. The zero-order valence-corrected chi connectivity index (χ0v) is 14.8. The molecule has 1 aromatic heterocycles. The van der Waals surface area contributed by atoms with Crippen LogP contribution in [-0.4, -0.2) is 43.6 Å². The summed E-state index contributed by atoms with van der Waals surface area (Å²) in [5, 5.41) is 0.558. The Morgan fingerprint density at radius 3 is 2.62 bits per heavy atom. The molecule has 0 N–H and O–H groups in total. The number of methoxy groups -OCH3 is 1. The molecule has 0 aliphatic carbocycles. The van der Waals surface area contributed by atoms with Crippen LogP contribution >= 0.6 is 0 Å². The zero-order chi connectivity index (χ0) is 18.7. The Morgan fingerprint density at radius 1 is 1.23 bits per heavy atom. The minimum Gasteiger partial charge on any atom is -0.497 e. The summed E-state index contributed by atoms with van der Waals surface area (Å²) in [6.07, 6.45) is 1.11. The predicted octanol–water partition coefficient (Wildman–Crippen LogP) is 2.22. The standard InChI is InChI=1S/C19H21NO6/c1-3-25-19(23)12-6-8-20(9-7-12)18(22)15-11-17(21)26-16-10-13(24-2)4-5-14(15)16/h4-5,10-12H,3,6-9H2,1-2H3. The molecule has 7 heteroatoms. The molecule has 1 saturated heterocycles. The van der Waals surface area contributed by atoms with E-state index in [0.717, 1.165) is 0 Å². The van der Waals surface area contributed by atoms with Crippen molar-refractivity contribution in [2.45, 2.75) is 19.8 Å². The summed E-state index contributed by atoms with van der Waals surface area (Å²) in [6.45, 7) is 3.02. The Morgan fingerprint density at radius 2 is 1.96 bits per heavy atom. The summed E-state index contributed by atoms with van der Waals surface area (Å²) in [6, 6.07) is 6.22. The van der Waals surface area contributed by atoms with Gasteiger partial charge in [-0.05, 0) is 31.9 Å². The number of likely N-dealkylation sites (tertiary alicyclic amines) is 1. The van der Waals surface area contributed by atoms with Crippen LogP contribution in [0.2, 0.25) is 0 Å². The zero-order valence-electron chi connectivity index (χ0n) is 14.8. The first kappa shape index (κ1) is 18.0. The second-order valence-electron chi connectivity index (χ2n) is 6.16. The van der Waals surface area contributed by atoms with Gasteiger partial charge >= 0.3 is 11.6 Å². The molecule has 1 aromatic carbocycles. The first-order valence-electron chi connectivity index (χ1n) is 8.61. The largest absolute Gasteiger partial charge is 0.497 e. The lowest BCUT2D eigenvalue weighted by molar-refractivity contribution is -0.149. The SMILES string of the molecule is CCOC(=O)C1CCN(C(=O)c2cc(=O)oc3cc(OC)ccc23)CC1. The molecule has 3 rings (SSSR count). The average Bonchev–Trinajstić information content (AvgIpc) is 2.66. The van der Waals surface area contributed by atoms with E-state index in [1.165, 1.54) is 13.2 Å². The maximum Gasteiger partial charge on any atom is 0.337 e. The number of esters is 1. The lowest BCUT2D eigenvalue weighted by Gasteiger charge is -2.31. The fourth-order valence-corrected chi connectivity index (χ4v) is 3.20. The smallest absolute Gasteiger partial charge is 0.337 e. The van der Waals surface area contributed by atoms with Crippen molar-refractivity contribution in [2.75, 3.05) is 26.8 Å². The Hall–Kier alpha value is -2.83. The highest BCUT2D eigenvalue weighted by atomic mass is 16.5. The normalized spacial score (nSPS) is 15.1. The van der Waals surface area contributed by atoms with E-state index in [0.29, 0.717) is 54.8 Å². The number of hydrogen-bond acceptors (Lipinski definition) is 6. The number of benzene rings is 1. The van der Waals surface area contributed by atoms with Gasteiger partial charge in [0.15, 0.2) is 0 Å². The van der Waals surface area contributed by atoms with E-state index in [-0.39, 0.29) is 17.8 Å². The van der Waals surface area contributed by atoms with Crippen LogP contribution in [0.3, 0.4) is 0 Å². The molecule has 0 spiro atoms. The van der Waals surface area contributed by atoms with Gasteiger partial charge in [0.05, 0.1) is 25.2 Å². The van der Waals surface area contributed by atoms with Crippen molar-refractivity contribution in [3.63, 3.8) is 0 Å². The second-order valence-corrected chi connectivity index (χ2v) is 6.16. The van der Waals surface area contributed by atoms with Gasteiger partial charge < -0.3 is 18.8 Å². The van der Waals surface area contributed by atoms with Crippen molar-refractivity contribution >= 4 is 22.8 Å². The highest BCUT2D eigenvalue weighted by molar-refractivity contribution is 6.05. The first-order chi connectivity index (χ1) is 12.5. The molecule has 0 bridgehead atoms. The van der Waals surface area contributed by atoms with E-state index in [9.17, 15) is 14.4 Å². The van der Waals surface area contributed by atoms with Crippen molar-refractivity contribution in [1.29, 1.82) is 0 Å². The minimum absolute atomic E-state index is 0.180. The number of ether oxygens (including phenoxy) is 2. The number of amides is 1. The van der Waals surface area contributed by atoms with E-state index in [4.69, 9.17) is 13.9 Å². The summed E-state index contributed by atoms with van der Waals surface area (Å²) in [7, 11) is 1.52. The fraction of sp³-hybridized carbons (Fsp3) is 0.421. The number of piperidine rings is 1. The second kappa shape index (κ2) is 7.59. The summed E-state index contributed by atoms with van der Waals surface area (Å²) in [4.78, 5) is 38.3. The number of hydrogen-bond donors (Lipinski definition) is 0. The quantitative estimate of drug-likeness (QED) is 0.615. The molecular formula is C19H21NO6. The predicted molar refractivity (Wildman–Crippen MR) is 94.3 cm³/mol. The van der Waals surface area contributed by atoms with Crippen LogP contribution in [-0.2, 0) is 9.53 Å². The molecule has 2 heterocycles. The molecule has 1 amide bonds. The maximum atomic E-state index is 12.9. The van der Waals surface area contributed by atoms with Gasteiger partial charge in [0.25, 0.3) is 5.91 Å². The van der Waals surface area contributed by atoms with E-state index in [1.54, 1.807) is 30.0 Å². The van der Waals surface area contributed by atoms with Crippen LogP contribution in [0.5, 0.6) is 5.75 Å². The molecule has 1 aliphatic heterocycles. The molecule has 26 heavy (non-hydrogen) atoms. The number of carbonyl (C=O) groups is 2. The molecule has 138 valence electrons. The van der Waals surface area contributed by atoms with Crippen LogP contribution < -0.4 is 10.4 Å². The molecule has 0 atom stereocenters. The maximum absolute atomic E-state index is 12.9. The van der Waals surface area contributed by atoms with Crippen molar-refractivity contribution < 1.29 is 23.5 Å². The lowest BCUT2D eigenvalue weighted by Crippen LogP contribution is -2.41. The van der Waals surface area contributed by atoms with Crippen molar-refractivity contribution in [1.82, 2.24) is 4.90 Å². The van der Waals surface area contributed by atoms with Crippen LogP contribution in [0.15, 0.2) is 33.5 Å². The van der Waals surface area contributed by atoms with Gasteiger partial charge in [-0.25, -0.2) is 4.79 Å². The van der Waals surface area contributed by atoms with Crippen LogP contribution in [0, 0.1) is 5.92 Å². The molecular weight excluding hydrogens is 338 g/mol. The molecule has 7 nitrogen and oxygen atoms in total. The van der Waals surface area contributed by atoms with Gasteiger partial charge in [-0.15, -0.1) is 0 Å². The van der Waals surface area contributed by atoms with Crippen LogP contribution in [0.25, 0.3) is 11.0 Å². The molecule has 0 saturated carbocycles. The summed E-state index contributed by atoms with van der Waals surface area (Å²) in [5.74, 6) is -0.0887. The Kier molecular flexibility index (Phi) is 5.25. The van der Waals surface area contributed by atoms with Crippen molar-refractivity contribution in [2.24, 2.45) is 5.92 Å². The first-order valence-corrected chi connectivity index (χ1v) is 8.61. The Balaban J connectivity index is 1.82. The number of rotatable bonds is 4. The molecule has 0 radical (unpaired) electrons. The Bertz CT molecular complexity index is 879. The van der Waals surface area contributed by atoms with Crippen molar-refractivity contribution in [3.8, 4) is 5.75 Å². The minimum atomic E-state index is -0.587. The molecule has 0 unspecified atom stereocenters. The third kappa shape index (κ3) is 3.56. The van der Waals surface area contributed by atoms with Crippen LogP contribution in [0.1, 0.15) is 30.1 Å². The van der Waals surface area contributed by atoms with E-state index in [1.807, 2.05) is 0 Å². The Labute approximate surface area is 150 Å². The highest BCUT2D eigenvalue weighted by Gasteiger charge is 2.29. The molecule has 2 aromatic rings. The molecule has 1 fully saturated rings. The van der Waals surface area contributed by atoms with Gasteiger partial charge in [-0.3, -0.25) is 9.59 Å². The topological polar surface area (TPSA) is 86.0 Å². The number of nitrogens with zero attached hydrogens (tertiary/aromatic N) is 1. The molecule has 1 aliphatic rings. The van der Waals surface area contributed by atoms with E-state index >= 15 is 0 Å². The lowest BCUT2D eigenvalue weighted by atomic mass is 9.96. The highest BCUT2D eigenvalue weighted by Crippen LogP contribution is 2.25. The summed E-state index contributed by atoms with van der Waals surface area (Å²) < 4.78 is 15.4. The van der Waals surface area contributed by atoms with Crippen LogP contribution in [0.4, 0.5) is 0 Å². The van der Waals surface area contributed by atoms with Gasteiger partial charge in [0, 0.05) is 30.6 Å². The van der Waals surface area contributed by atoms with Gasteiger partial charge in [-0.2, -0.15) is 0 Å². The third-order valence-corrected chi connectivity index (χ3v) is 4.58. The van der Waals surface area contributed by atoms with Gasteiger partial charge in [-0.1, -0.05) is 0 Å². The van der Waals surface area contributed by atoms with Gasteiger partial charge in [0.1, 0.15) is 11.3 Å². The van der Waals surface area contributed by atoms with Gasteiger partial charge in [0.2, 0.25) is 0 Å². The fourth-order valence-electron chi connectivity index (χ4n) is 3.20. The monoisotopic (exact) mass is 359 g/mol. The summed E-state index contributed by atoms with van der Waals surface area (Å²) in [5.41, 5.74) is 0.0191. The van der Waals surface area contributed by atoms with Crippen molar-refractivity contribution in [3.05, 3.63) is 40.2 Å². The van der Waals surface area contributed by atoms with E-state index < -0.39 is 5.63 Å².